The van der Waals surface area contributed by atoms with Crippen LogP contribution in [0.2, 0.25) is 0 Å². The van der Waals surface area contributed by atoms with Crippen molar-refractivity contribution in [1.82, 2.24) is 15.2 Å². The lowest BCUT2D eigenvalue weighted by atomic mass is 10.1. The fraction of sp³-hybridized carbons (Fsp3) is 0.286. The maximum atomic E-state index is 4.70. The van der Waals surface area contributed by atoms with E-state index in [-0.39, 0.29) is 6.04 Å². The van der Waals surface area contributed by atoms with Gasteiger partial charge < -0.3 is 10.2 Å². The molecule has 0 amide bonds. The van der Waals surface area contributed by atoms with E-state index in [9.17, 15) is 0 Å². The summed E-state index contributed by atoms with van der Waals surface area (Å²) in [6, 6.07) is 21.0. The van der Waals surface area contributed by atoms with E-state index in [4.69, 9.17) is 4.98 Å². The van der Waals surface area contributed by atoms with Gasteiger partial charge in [-0.3, -0.25) is 0 Å². The molecule has 3 aromatic rings. The van der Waals surface area contributed by atoms with E-state index in [0.29, 0.717) is 12.0 Å². The maximum Gasteiger partial charge on any atom is 0.245 e. The summed E-state index contributed by atoms with van der Waals surface area (Å²) in [5, 5.41) is 11.7. The molecule has 26 heavy (non-hydrogen) atoms. The Labute approximate surface area is 155 Å². The molecule has 3 rings (SSSR count). The summed E-state index contributed by atoms with van der Waals surface area (Å²) in [5.74, 6) is 1.36. The Morgan fingerprint density at radius 1 is 0.923 bits per heavy atom. The summed E-state index contributed by atoms with van der Waals surface area (Å²) in [4.78, 5) is 6.92. The van der Waals surface area contributed by atoms with Crippen LogP contribution in [0.15, 0.2) is 66.9 Å². The highest BCUT2D eigenvalue weighted by Crippen LogP contribution is 2.20. The number of aromatic nitrogens is 3. The van der Waals surface area contributed by atoms with Gasteiger partial charge in [0.2, 0.25) is 5.95 Å². The van der Waals surface area contributed by atoms with Crippen molar-refractivity contribution in [1.29, 1.82) is 0 Å². The summed E-state index contributed by atoms with van der Waals surface area (Å²) in [6.07, 6.45) is 1.72. The molecule has 0 fully saturated rings. The lowest BCUT2D eigenvalue weighted by Gasteiger charge is -2.28. The van der Waals surface area contributed by atoms with Crippen LogP contribution in [0.1, 0.15) is 37.9 Å². The zero-order chi connectivity index (χ0) is 18.4. The molecule has 0 aliphatic carbocycles. The van der Waals surface area contributed by atoms with Crippen LogP contribution >= 0.6 is 0 Å². The second-order valence-electron chi connectivity index (χ2n) is 6.62. The van der Waals surface area contributed by atoms with Crippen LogP contribution in [0.4, 0.5) is 11.8 Å². The Morgan fingerprint density at radius 3 is 2.23 bits per heavy atom. The summed E-state index contributed by atoms with van der Waals surface area (Å²) >= 11 is 0. The minimum atomic E-state index is 0.106. The number of hydrogen-bond donors (Lipinski definition) is 1. The number of nitrogens with zero attached hydrogens (tertiary/aromatic N) is 4. The van der Waals surface area contributed by atoms with E-state index < -0.39 is 0 Å². The molecule has 0 saturated heterocycles. The third-order valence-electron chi connectivity index (χ3n) is 4.30. The minimum Gasteiger partial charge on any atom is -0.348 e. The van der Waals surface area contributed by atoms with Crippen molar-refractivity contribution in [3.8, 4) is 0 Å². The molecule has 1 atom stereocenters. The Kier molecular flexibility index (Phi) is 5.79. The molecule has 0 aliphatic heterocycles. The second kappa shape index (κ2) is 8.43. The standard InChI is InChI=1S/C21H25N5/c1-16(2)26(15-18-10-6-4-7-11-18)20-14-22-25-21(24-20)23-17(3)19-12-8-5-9-13-19/h4-14,16-17H,15H2,1-3H3,(H,23,24,25). The van der Waals surface area contributed by atoms with Gasteiger partial charge in [0.1, 0.15) is 0 Å². The lowest BCUT2D eigenvalue weighted by molar-refractivity contribution is 0.666. The number of nitrogens with one attached hydrogen (secondary N) is 1. The molecule has 5 nitrogen and oxygen atoms in total. The van der Waals surface area contributed by atoms with Crippen LogP contribution in [0.25, 0.3) is 0 Å². The Hall–Kier alpha value is -2.95. The van der Waals surface area contributed by atoms with Crippen molar-refractivity contribution < 1.29 is 0 Å². The molecule has 1 heterocycles. The van der Waals surface area contributed by atoms with Gasteiger partial charge in [-0.2, -0.15) is 10.1 Å². The lowest BCUT2D eigenvalue weighted by Crippen LogP contribution is -2.31. The van der Waals surface area contributed by atoms with Gasteiger partial charge in [-0.15, -0.1) is 5.10 Å². The Balaban J connectivity index is 1.78. The molecule has 0 radical (unpaired) electrons. The Morgan fingerprint density at radius 2 is 1.58 bits per heavy atom. The second-order valence-corrected chi connectivity index (χ2v) is 6.62. The number of hydrogen-bond acceptors (Lipinski definition) is 5. The fourth-order valence-electron chi connectivity index (χ4n) is 2.82. The molecular weight excluding hydrogens is 322 g/mol. The average Bonchev–Trinajstić information content (AvgIpc) is 2.67. The first-order valence-corrected chi connectivity index (χ1v) is 8.95. The first kappa shape index (κ1) is 17.9. The molecule has 1 N–H and O–H groups in total. The van der Waals surface area contributed by atoms with E-state index in [1.165, 1.54) is 11.1 Å². The first-order valence-electron chi connectivity index (χ1n) is 8.95. The fourth-order valence-corrected chi connectivity index (χ4v) is 2.82. The van der Waals surface area contributed by atoms with E-state index in [1.54, 1.807) is 6.20 Å². The highest BCUT2D eigenvalue weighted by Gasteiger charge is 2.15. The third kappa shape index (κ3) is 4.57. The van der Waals surface area contributed by atoms with Gasteiger partial charge in [-0.05, 0) is 31.9 Å². The van der Waals surface area contributed by atoms with Gasteiger partial charge in [0.25, 0.3) is 0 Å². The monoisotopic (exact) mass is 347 g/mol. The van der Waals surface area contributed by atoms with Crippen molar-refractivity contribution in [3.05, 3.63) is 78.0 Å². The highest BCUT2D eigenvalue weighted by atomic mass is 15.3. The molecule has 1 aromatic heterocycles. The van der Waals surface area contributed by atoms with Gasteiger partial charge in [-0.25, -0.2) is 0 Å². The van der Waals surface area contributed by atoms with Crippen LogP contribution in [0, 0.1) is 0 Å². The van der Waals surface area contributed by atoms with E-state index in [0.717, 1.165) is 12.4 Å². The van der Waals surface area contributed by atoms with Crippen LogP contribution in [-0.2, 0) is 6.54 Å². The summed E-state index contributed by atoms with van der Waals surface area (Å²) in [7, 11) is 0. The average molecular weight is 347 g/mol. The third-order valence-corrected chi connectivity index (χ3v) is 4.30. The van der Waals surface area contributed by atoms with E-state index in [1.807, 2.05) is 24.3 Å². The normalized spacial score (nSPS) is 12.0. The van der Waals surface area contributed by atoms with Crippen molar-refractivity contribution in [3.63, 3.8) is 0 Å². The largest absolute Gasteiger partial charge is 0.348 e. The van der Waals surface area contributed by atoms with Gasteiger partial charge in [0.15, 0.2) is 5.82 Å². The molecule has 0 saturated carbocycles. The quantitative estimate of drug-likeness (QED) is 0.684. The molecule has 134 valence electrons. The SMILES string of the molecule is CC(Nc1nncc(N(Cc2ccccc2)C(C)C)n1)c1ccccc1. The number of rotatable bonds is 7. The molecule has 0 aliphatic rings. The predicted molar refractivity (Wildman–Crippen MR) is 106 cm³/mol. The molecule has 5 heteroatoms. The summed E-state index contributed by atoms with van der Waals surface area (Å²) < 4.78 is 0. The van der Waals surface area contributed by atoms with Crippen LogP contribution in [0.5, 0.6) is 0 Å². The van der Waals surface area contributed by atoms with Crippen LogP contribution in [0.3, 0.4) is 0 Å². The van der Waals surface area contributed by atoms with Gasteiger partial charge in [0, 0.05) is 12.6 Å². The van der Waals surface area contributed by atoms with Gasteiger partial charge in [-0.1, -0.05) is 60.7 Å². The molecule has 0 spiro atoms. The summed E-state index contributed by atoms with van der Waals surface area (Å²) in [5.41, 5.74) is 2.43. The van der Waals surface area contributed by atoms with Crippen molar-refractivity contribution >= 4 is 11.8 Å². The smallest absolute Gasteiger partial charge is 0.245 e. The predicted octanol–water partition coefficient (Wildman–Crippen LogP) is 4.46. The molecule has 2 aromatic carbocycles. The highest BCUT2D eigenvalue weighted by molar-refractivity contribution is 5.43. The molecule has 1 unspecified atom stereocenters. The van der Waals surface area contributed by atoms with Crippen molar-refractivity contribution in [2.24, 2.45) is 0 Å². The van der Waals surface area contributed by atoms with Crippen LogP contribution < -0.4 is 10.2 Å². The van der Waals surface area contributed by atoms with Gasteiger partial charge >= 0.3 is 0 Å². The topological polar surface area (TPSA) is 53.9 Å². The summed E-state index contributed by atoms with van der Waals surface area (Å²) in [6.45, 7) is 7.19. The molecular formula is C21H25N5. The van der Waals surface area contributed by atoms with Gasteiger partial charge in [0.05, 0.1) is 12.2 Å². The Bertz CT molecular complexity index is 805. The van der Waals surface area contributed by atoms with Crippen molar-refractivity contribution in [2.45, 2.75) is 39.4 Å². The van der Waals surface area contributed by atoms with E-state index >= 15 is 0 Å². The maximum absolute atomic E-state index is 4.70. The van der Waals surface area contributed by atoms with Crippen molar-refractivity contribution in [2.75, 3.05) is 10.2 Å². The zero-order valence-corrected chi connectivity index (χ0v) is 15.5. The zero-order valence-electron chi connectivity index (χ0n) is 15.5. The van der Waals surface area contributed by atoms with Crippen LogP contribution in [-0.4, -0.2) is 21.2 Å². The number of anilines is 2. The molecule has 0 bridgehead atoms. The number of benzene rings is 2. The first-order chi connectivity index (χ1) is 12.6. The van der Waals surface area contributed by atoms with E-state index in [2.05, 4.69) is 77.6 Å². The minimum absolute atomic E-state index is 0.106.